The first kappa shape index (κ1) is 15.2. The lowest BCUT2D eigenvalue weighted by molar-refractivity contribution is -0.384. The maximum Gasteiger partial charge on any atom is 0.337 e. The van der Waals surface area contributed by atoms with Gasteiger partial charge in [0.15, 0.2) is 0 Å². The first-order valence-corrected chi connectivity index (χ1v) is 6.74. The molecular weight excluding hydrogens is 274 g/mol. The highest BCUT2D eigenvalue weighted by atomic mass is 16.6. The molecule has 1 aliphatic heterocycles. The van der Waals surface area contributed by atoms with E-state index in [0.717, 1.165) is 0 Å². The van der Waals surface area contributed by atoms with Crippen molar-refractivity contribution in [1.82, 2.24) is 4.90 Å². The van der Waals surface area contributed by atoms with Crippen molar-refractivity contribution in [1.29, 1.82) is 0 Å². The summed E-state index contributed by atoms with van der Waals surface area (Å²) in [7, 11) is 3.96. The van der Waals surface area contributed by atoms with E-state index in [9.17, 15) is 20.0 Å². The van der Waals surface area contributed by atoms with E-state index < -0.39 is 10.9 Å². The molecule has 1 aliphatic rings. The van der Waals surface area contributed by atoms with Gasteiger partial charge in [-0.3, -0.25) is 10.1 Å². The summed E-state index contributed by atoms with van der Waals surface area (Å²) < 4.78 is 0. The standard InChI is InChI=1S/C14H19N3O4/c1-9-7-16(8-13(9)15(2)3)12-6-10(17(20)21)4-5-11(12)14(18)19/h4-6,9,13H,7-8H2,1-3H3,(H,18,19). The zero-order valence-electron chi connectivity index (χ0n) is 12.3. The Hall–Kier alpha value is -2.15. The number of nitro groups is 1. The molecule has 1 aromatic rings. The van der Waals surface area contributed by atoms with E-state index >= 15 is 0 Å². The molecule has 1 N–H and O–H groups in total. The lowest BCUT2D eigenvalue weighted by atomic mass is 10.1. The molecule has 2 unspecified atom stereocenters. The Morgan fingerprint density at radius 2 is 2.10 bits per heavy atom. The average molecular weight is 293 g/mol. The Morgan fingerprint density at radius 3 is 2.57 bits per heavy atom. The van der Waals surface area contributed by atoms with Gasteiger partial charge in [-0.15, -0.1) is 0 Å². The third-order valence-electron chi connectivity index (χ3n) is 4.00. The number of hydrogen-bond acceptors (Lipinski definition) is 5. The quantitative estimate of drug-likeness (QED) is 0.671. The second-order valence-corrected chi connectivity index (χ2v) is 5.68. The minimum atomic E-state index is -1.07. The molecule has 7 nitrogen and oxygen atoms in total. The molecule has 114 valence electrons. The number of rotatable bonds is 4. The third kappa shape index (κ3) is 2.97. The predicted octanol–water partition coefficient (Wildman–Crippen LogP) is 1.68. The first-order chi connectivity index (χ1) is 9.81. The normalized spacial score (nSPS) is 21.8. The number of nitro benzene ring substituents is 1. The van der Waals surface area contributed by atoms with Crippen molar-refractivity contribution in [2.75, 3.05) is 32.1 Å². The van der Waals surface area contributed by atoms with E-state index in [4.69, 9.17) is 0 Å². The van der Waals surface area contributed by atoms with Crippen LogP contribution in [0.5, 0.6) is 0 Å². The molecule has 2 atom stereocenters. The number of carboxylic acid groups (broad SMARTS) is 1. The number of carbonyl (C=O) groups is 1. The molecule has 0 saturated carbocycles. The van der Waals surface area contributed by atoms with E-state index in [0.29, 0.717) is 30.7 Å². The minimum Gasteiger partial charge on any atom is -0.478 e. The van der Waals surface area contributed by atoms with Gasteiger partial charge < -0.3 is 14.9 Å². The predicted molar refractivity (Wildman–Crippen MR) is 78.9 cm³/mol. The van der Waals surface area contributed by atoms with E-state index in [1.807, 2.05) is 19.0 Å². The van der Waals surface area contributed by atoms with Gasteiger partial charge in [0.1, 0.15) is 0 Å². The van der Waals surface area contributed by atoms with Gasteiger partial charge in [-0.1, -0.05) is 6.92 Å². The average Bonchev–Trinajstić information content (AvgIpc) is 2.80. The number of anilines is 1. The van der Waals surface area contributed by atoms with Gasteiger partial charge in [-0.25, -0.2) is 4.79 Å². The van der Waals surface area contributed by atoms with Gasteiger partial charge in [0.25, 0.3) is 5.69 Å². The Morgan fingerprint density at radius 1 is 1.43 bits per heavy atom. The minimum absolute atomic E-state index is 0.0871. The van der Waals surface area contributed by atoms with E-state index in [1.165, 1.54) is 18.2 Å². The number of non-ortho nitro benzene ring substituents is 1. The molecular formula is C14H19N3O4. The maximum absolute atomic E-state index is 11.3. The fraction of sp³-hybridized carbons (Fsp3) is 0.500. The Bertz CT molecular complexity index is 573. The molecule has 0 spiro atoms. The van der Waals surface area contributed by atoms with E-state index in [-0.39, 0.29) is 11.3 Å². The molecule has 0 bridgehead atoms. The summed E-state index contributed by atoms with van der Waals surface area (Å²) in [5, 5.41) is 20.2. The van der Waals surface area contributed by atoms with Crippen molar-refractivity contribution in [3.63, 3.8) is 0 Å². The van der Waals surface area contributed by atoms with E-state index in [2.05, 4.69) is 11.8 Å². The highest BCUT2D eigenvalue weighted by Crippen LogP contribution is 2.31. The second kappa shape index (κ2) is 5.69. The van der Waals surface area contributed by atoms with Crippen LogP contribution in [-0.2, 0) is 0 Å². The van der Waals surface area contributed by atoms with Crippen molar-refractivity contribution >= 4 is 17.3 Å². The van der Waals surface area contributed by atoms with Gasteiger partial charge >= 0.3 is 5.97 Å². The molecule has 0 aromatic heterocycles. The molecule has 1 fully saturated rings. The van der Waals surface area contributed by atoms with Gasteiger partial charge in [0.2, 0.25) is 0 Å². The number of aromatic carboxylic acids is 1. The van der Waals surface area contributed by atoms with Crippen LogP contribution in [0.4, 0.5) is 11.4 Å². The van der Waals surface area contributed by atoms with Crippen molar-refractivity contribution < 1.29 is 14.8 Å². The van der Waals surface area contributed by atoms with Crippen LogP contribution < -0.4 is 4.90 Å². The third-order valence-corrected chi connectivity index (χ3v) is 4.00. The van der Waals surface area contributed by atoms with Gasteiger partial charge in [-0.05, 0) is 26.1 Å². The number of nitrogens with zero attached hydrogens (tertiary/aromatic N) is 3. The zero-order valence-corrected chi connectivity index (χ0v) is 12.3. The zero-order chi connectivity index (χ0) is 15.7. The molecule has 1 saturated heterocycles. The number of benzene rings is 1. The topological polar surface area (TPSA) is 86.9 Å². The molecule has 7 heteroatoms. The monoisotopic (exact) mass is 293 g/mol. The van der Waals surface area contributed by atoms with Gasteiger partial charge in [0.05, 0.1) is 16.2 Å². The molecule has 1 heterocycles. The molecule has 21 heavy (non-hydrogen) atoms. The molecule has 0 radical (unpaired) electrons. The fourth-order valence-electron chi connectivity index (χ4n) is 2.89. The van der Waals surface area contributed by atoms with Gasteiger partial charge in [-0.2, -0.15) is 0 Å². The van der Waals surface area contributed by atoms with Crippen LogP contribution in [-0.4, -0.2) is 54.1 Å². The summed E-state index contributed by atoms with van der Waals surface area (Å²) in [6.07, 6.45) is 0. The lowest BCUT2D eigenvalue weighted by Crippen LogP contribution is -2.34. The Kier molecular flexibility index (Phi) is 4.13. The van der Waals surface area contributed by atoms with Crippen LogP contribution in [0, 0.1) is 16.0 Å². The summed E-state index contributed by atoms with van der Waals surface area (Å²) in [5.74, 6) is -0.707. The first-order valence-electron chi connectivity index (χ1n) is 6.74. The summed E-state index contributed by atoms with van der Waals surface area (Å²) in [5.41, 5.74) is 0.441. The second-order valence-electron chi connectivity index (χ2n) is 5.68. The fourth-order valence-corrected chi connectivity index (χ4v) is 2.89. The van der Waals surface area contributed by atoms with Crippen molar-refractivity contribution in [2.45, 2.75) is 13.0 Å². The largest absolute Gasteiger partial charge is 0.478 e. The number of likely N-dealkylation sites (N-methyl/N-ethyl adjacent to an activating group) is 1. The SMILES string of the molecule is CC1CN(c2cc([N+](=O)[O-])ccc2C(=O)O)CC1N(C)C. The smallest absolute Gasteiger partial charge is 0.337 e. The highest BCUT2D eigenvalue weighted by Gasteiger charge is 2.33. The Labute approximate surface area is 122 Å². The summed E-state index contributed by atoms with van der Waals surface area (Å²) in [4.78, 5) is 25.8. The van der Waals surface area contributed by atoms with E-state index in [1.54, 1.807) is 0 Å². The van der Waals surface area contributed by atoms with Crippen molar-refractivity contribution in [2.24, 2.45) is 5.92 Å². The number of carboxylic acids is 1. The summed E-state index contributed by atoms with van der Waals surface area (Å²) in [6, 6.07) is 4.19. The Balaban J connectivity index is 2.40. The highest BCUT2D eigenvalue weighted by molar-refractivity contribution is 5.95. The summed E-state index contributed by atoms with van der Waals surface area (Å²) in [6.45, 7) is 3.45. The van der Waals surface area contributed by atoms with Crippen LogP contribution in [0.25, 0.3) is 0 Å². The van der Waals surface area contributed by atoms with Crippen LogP contribution >= 0.6 is 0 Å². The lowest BCUT2D eigenvalue weighted by Gasteiger charge is -2.23. The van der Waals surface area contributed by atoms with Crippen LogP contribution in [0.3, 0.4) is 0 Å². The van der Waals surface area contributed by atoms with Crippen LogP contribution in [0.1, 0.15) is 17.3 Å². The van der Waals surface area contributed by atoms with Gasteiger partial charge in [0, 0.05) is 31.3 Å². The maximum atomic E-state index is 11.3. The molecule has 0 amide bonds. The van der Waals surface area contributed by atoms with Crippen LogP contribution in [0.15, 0.2) is 18.2 Å². The van der Waals surface area contributed by atoms with Crippen molar-refractivity contribution in [3.8, 4) is 0 Å². The van der Waals surface area contributed by atoms with Crippen LogP contribution in [0.2, 0.25) is 0 Å². The molecule has 0 aliphatic carbocycles. The van der Waals surface area contributed by atoms with Crippen molar-refractivity contribution in [3.05, 3.63) is 33.9 Å². The molecule has 2 rings (SSSR count). The molecule has 1 aromatic carbocycles. The number of hydrogen-bond donors (Lipinski definition) is 1. The summed E-state index contributed by atoms with van der Waals surface area (Å²) >= 11 is 0.